The van der Waals surface area contributed by atoms with E-state index < -0.39 is 11.7 Å². The average molecular weight is 272 g/mol. The first-order valence-electron chi connectivity index (χ1n) is 6.89. The molecular weight excluding hydrogens is 244 g/mol. The largest absolute Gasteiger partial charge is 0.444 e. The van der Waals surface area contributed by atoms with Gasteiger partial charge in [-0.25, -0.2) is 4.79 Å². The Kier molecular flexibility index (Phi) is 7.49. The van der Waals surface area contributed by atoms with Gasteiger partial charge in [-0.05, 0) is 34.1 Å². The zero-order chi connectivity index (χ0) is 15.1. The maximum atomic E-state index is 11.7. The highest BCUT2D eigenvalue weighted by atomic mass is 16.6. The number of nitrogens with one attached hydrogen (secondary N) is 1. The number of rotatable bonds is 6. The first kappa shape index (κ1) is 17.7. The maximum absolute atomic E-state index is 11.7. The van der Waals surface area contributed by atoms with E-state index in [0.717, 1.165) is 12.8 Å². The SMILES string of the molecule is CCCCC(=O)N(C)C[C@H](C)NC(=O)OC(C)(C)C. The number of hydrogen-bond donors (Lipinski definition) is 1. The Morgan fingerprint density at radius 3 is 2.37 bits per heavy atom. The van der Waals surface area contributed by atoms with Gasteiger partial charge in [0, 0.05) is 26.1 Å². The number of nitrogens with zero attached hydrogens (tertiary/aromatic N) is 1. The molecule has 112 valence electrons. The molecule has 1 N–H and O–H groups in total. The Bertz CT molecular complexity index is 298. The zero-order valence-electron chi connectivity index (χ0n) is 13.1. The minimum atomic E-state index is -0.507. The fourth-order valence-corrected chi connectivity index (χ4v) is 1.59. The summed E-state index contributed by atoms with van der Waals surface area (Å²) < 4.78 is 5.16. The fourth-order valence-electron chi connectivity index (χ4n) is 1.59. The maximum Gasteiger partial charge on any atom is 0.407 e. The quantitative estimate of drug-likeness (QED) is 0.808. The van der Waals surface area contributed by atoms with Gasteiger partial charge in [-0.3, -0.25) is 4.79 Å². The fraction of sp³-hybridized carbons (Fsp3) is 0.857. The van der Waals surface area contributed by atoms with Crippen LogP contribution < -0.4 is 5.32 Å². The molecule has 0 aliphatic carbocycles. The summed E-state index contributed by atoms with van der Waals surface area (Å²) >= 11 is 0. The van der Waals surface area contributed by atoms with Crippen LogP contribution in [0.4, 0.5) is 4.79 Å². The summed E-state index contributed by atoms with van der Waals surface area (Å²) in [4.78, 5) is 24.9. The topological polar surface area (TPSA) is 58.6 Å². The van der Waals surface area contributed by atoms with Crippen molar-refractivity contribution in [2.75, 3.05) is 13.6 Å². The molecule has 19 heavy (non-hydrogen) atoms. The molecule has 5 heteroatoms. The lowest BCUT2D eigenvalue weighted by atomic mass is 10.2. The van der Waals surface area contributed by atoms with Gasteiger partial charge in [-0.1, -0.05) is 13.3 Å². The van der Waals surface area contributed by atoms with Gasteiger partial charge in [0.05, 0.1) is 0 Å². The highest BCUT2D eigenvalue weighted by Gasteiger charge is 2.19. The van der Waals surface area contributed by atoms with Gasteiger partial charge in [-0.2, -0.15) is 0 Å². The molecule has 5 nitrogen and oxygen atoms in total. The molecule has 0 radical (unpaired) electrons. The number of carbonyl (C=O) groups excluding carboxylic acids is 2. The summed E-state index contributed by atoms with van der Waals surface area (Å²) in [6.45, 7) is 9.85. The predicted octanol–water partition coefficient (Wildman–Crippen LogP) is 2.55. The lowest BCUT2D eigenvalue weighted by Gasteiger charge is -2.25. The van der Waals surface area contributed by atoms with Crippen LogP contribution in [0.15, 0.2) is 0 Å². The molecule has 1 atom stereocenters. The van der Waals surface area contributed by atoms with Gasteiger partial charge in [0.1, 0.15) is 5.60 Å². The molecule has 0 aromatic heterocycles. The lowest BCUT2D eigenvalue weighted by molar-refractivity contribution is -0.130. The van der Waals surface area contributed by atoms with Crippen LogP contribution in [0.25, 0.3) is 0 Å². The van der Waals surface area contributed by atoms with Crippen LogP contribution in [-0.2, 0) is 9.53 Å². The van der Waals surface area contributed by atoms with Crippen molar-refractivity contribution in [2.24, 2.45) is 0 Å². The van der Waals surface area contributed by atoms with Crippen molar-refractivity contribution in [3.63, 3.8) is 0 Å². The highest BCUT2D eigenvalue weighted by Crippen LogP contribution is 2.07. The van der Waals surface area contributed by atoms with Crippen molar-refractivity contribution < 1.29 is 14.3 Å². The van der Waals surface area contributed by atoms with Crippen molar-refractivity contribution in [1.82, 2.24) is 10.2 Å². The standard InChI is InChI=1S/C14H28N2O3/c1-7-8-9-12(17)16(6)10-11(2)15-13(18)19-14(3,4)5/h11H,7-10H2,1-6H3,(H,15,18)/t11-/m0/s1. The van der Waals surface area contributed by atoms with Crippen LogP contribution in [0.1, 0.15) is 53.9 Å². The van der Waals surface area contributed by atoms with Crippen molar-refractivity contribution in [2.45, 2.75) is 65.5 Å². The first-order chi connectivity index (χ1) is 8.65. The normalized spacial score (nSPS) is 12.7. The van der Waals surface area contributed by atoms with Gasteiger partial charge >= 0.3 is 6.09 Å². The summed E-state index contributed by atoms with van der Waals surface area (Å²) in [5, 5.41) is 2.72. The van der Waals surface area contributed by atoms with E-state index in [1.54, 1.807) is 11.9 Å². The number of amides is 2. The zero-order valence-corrected chi connectivity index (χ0v) is 13.1. The third kappa shape index (κ3) is 9.33. The average Bonchev–Trinajstić information content (AvgIpc) is 2.22. The number of hydrogen-bond acceptors (Lipinski definition) is 3. The van der Waals surface area contributed by atoms with Crippen LogP contribution in [0.2, 0.25) is 0 Å². The summed E-state index contributed by atoms with van der Waals surface area (Å²) in [7, 11) is 1.76. The van der Waals surface area contributed by atoms with Crippen molar-refractivity contribution in [3.05, 3.63) is 0 Å². The molecule has 0 aliphatic heterocycles. The van der Waals surface area contributed by atoms with Gasteiger partial charge in [0.2, 0.25) is 5.91 Å². The molecule has 0 spiro atoms. The second-order valence-electron chi connectivity index (χ2n) is 5.93. The highest BCUT2D eigenvalue weighted by molar-refractivity contribution is 5.76. The van der Waals surface area contributed by atoms with Gasteiger partial charge in [-0.15, -0.1) is 0 Å². The molecule has 0 unspecified atom stereocenters. The van der Waals surface area contributed by atoms with E-state index in [0.29, 0.717) is 13.0 Å². The van der Waals surface area contributed by atoms with Crippen molar-refractivity contribution >= 4 is 12.0 Å². The Hall–Kier alpha value is -1.26. The number of ether oxygens (including phenoxy) is 1. The van der Waals surface area contributed by atoms with Crippen LogP contribution in [0.5, 0.6) is 0 Å². The third-order valence-corrected chi connectivity index (χ3v) is 2.48. The molecule has 0 heterocycles. The van der Waals surface area contributed by atoms with Gasteiger partial charge in [0.25, 0.3) is 0 Å². The van der Waals surface area contributed by atoms with E-state index in [-0.39, 0.29) is 11.9 Å². The Labute approximate surface area is 116 Å². The summed E-state index contributed by atoms with van der Waals surface area (Å²) in [6, 6.07) is -0.134. The molecule has 0 saturated heterocycles. The minimum absolute atomic E-state index is 0.111. The Morgan fingerprint density at radius 2 is 1.89 bits per heavy atom. The van der Waals surface area contributed by atoms with E-state index >= 15 is 0 Å². The second-order valence-corrected chi connectivity index (χ2v) is 5.93. The van der Waals surface area contributed by atoms with E-state index in [1.807, 2.05) is 27.7 Å². The van der Waals surface area contributed by atoms with Crippen LogP contribution in [-0.4, -0.2) is 42.1 Å². The first-order valence-corrected chi connectivity index (χ1v) is 6.89. The molecule has 2 amide bonds. The molecule has 0 bridgehead atoms. The number of likely N-dealkylation sites (N-methyl/N-ethyl adjacent to an activating group) is 1. The monoisotopic (exact) mass is 272 g/mol. The molecule has 0 aromatic rings. The van der Waals surface area contributed by atoms with Crippen LogP contribution in [0, 0.1) is 0 Å². The molecule has 0 rings (SSSR count). The predicted molar refractivity (Wildman–Crippen MR) is 76.0 cm³/mol. The Balaban J connectivity index is 4.06. The second kappa shape index (κ2) is 8.02. The molecular formula is C14H28N2O3. The van der Waals surface area contributed by atoms with Gasteiger partial charge in [0.15, 0.2) is 0 Å². The van der Waals surface area contributed by atoms with Crippen molar-refractivity contribution in [1.29, 1.82) is 0 Å². The minimum Gasteiger partial charge on any atom is -0.444 e. The van der Waals surface area contributed by atoms with E-state index in [1.165, 1.54) is 0 Å². The summed E-state index contributed by atoms with van der Waals surface area (Å²) in [5.41, 5.74) is -0.507. The van der Waals surface area contributed by atoms with Crippen molar-refractivity contribution in [3.8, 4) is 0 Å². The Morgan fingerprint density at radius 1 is 1.32 bits per heavy atom. The van der Waals surface area contributed by atoms with Gasteiger partial charge < -0.3 is 15.0 Å². The van der Waals surface area contributed by atoms with E-state index in [9.17, 15) is 9.59 Å². The summed E-state index contributed by atoms with van der Waals surface area (Å²) in [5.74, 6) is 0.111. The van der Waals surface area contributed by atoms with Crippen LogP contribution in [0.3, 0.4) is 0 Å². The molecule has 0 aliphatic rings. The molecule has 0 aromatic carbocycles. The summed E-state index contributed by atoms with van der Waals surface area (Å²) in [6.07, 6.45) is 2.02. The van der Waals surface area contributed by atoms with Crippen LogP contribution >= 0.6 is 0 Å². The van der Waals surface area contributed by atoms with E-state index in [2.05, 4.69) is 12.2 Å². The number of alkyl carbamates (subject to hydrolysis) is 1. The number of carbonyl (C=O) groups is 2. The smallest absolute Gasteiger partial charge is 0.407 e. The molecule has 0 saturated carbocycles. The van der Waals surface area contributed by atoms with E-state index in [4.69, 9.17) is 4.74 Å². The lowest BCUT2D eigenvalue weighted by Crippen LogP contribution is -2.44. The molecule has 0 fully saturated rings. The third-order valence-electron chi connectivity index (χ3n) is 2.48. The number of unbranched alkanes of at least 4 members (excludes halogenated alkanes) is 1.